The molecule has 0 aromatic carbocycles. The number of nitrogen functional groups attached to an aromatic ring is 1. The van der Waals surface area contributed by atoms with Gasteiger partial charge in [-0.15, -0.1) is 0 Å². The number of nitrogens with zero attached hydrogens (tertiary/aromatic N) is 3. The lowest BCUT2D eigenvalue weighted by atomic mass is 10.4. The van der Waals surface area contributed by atoms with Crippen LogP contribution in [0.25, 0.3) is 0 Å². The highest BCUT2D eigenvalue weighted by Gasteiger charge is 2.16. The number of rotatable bonds is 6. The standard InChI is InChI=1S/C10H16ClN5O2/c1-2-18-10(17)8-9(13)14-6-7(15-8)16(11)5-3-4-12/h6H,2-5,12H2,1H3,(H2,13,14). The lowest BCUT2D eigenvalue weighted by Crippen LogP contribution is -2.19. The molecule has 0 amide bonds. The lowest BCUT2D eigenvalue weighted by Gasteiger charge is -2.14. The Hall–Kier alpha value is -1.60. The molecule has 1 heterocycles. The van der Waals surface area contributed by atoms with Crippen LogP contribution in [0.3, 0.4) is 0 Å². The van der Waals surface area contributed by atoms with E-state index in [1.54, 1.807) is 6.92 Å². The van der Waals surface area contributed by atoms with Gasteiger partial charge in [0, 0.05) is 18.3 Å². The van der Waals surface area contributed by atoms with E-state index in [0.717, 1.165) is 0 Å². The van der Waals surface area contributed by atoms with Crippen LogP contribution in [0.5, 0.6) is 0 Å². The molecule has 0 spiro atoms. The van der Waals surface area contributed by atoms with Crippen LogP contribution in [0, 0.1) is 0 Å². The molecule has 4 N–H and O–H groups in total. The molecule has 100 valence electrons. The van der Waals surface area contributed by atoms with E-state index in [9.17, 15) is 4.79 Å². The average molecular weight is 274 g/mol. The fourth-order valence-electron chi connectivity index (χ4n) is 1.20. The molecule has 0 fully saturated rings. The molecule has 0 saturated carbocycles. The smallest absolute Gasteiger partial charge is 0.360 e. The van der Waals surface area contributed by atoms with E-state index in [1.165, 1.54) is 10.6 Å². The molecule has 8 heteroatoms. The minimum absolute atomic E-state index is 0.0149. The van der Waals surface area contributed by atoms with E-state index < -0.39 is 5.97 Å². The second-order valence-corrected chi connectivity index (χ2v) is 3.82. The predicted molar refractivity (Wildman–Crippen MR) is 69.3 cm³/mol. The zero-order valence-electron chi connectivity index (χ0n) is 10.1. The number of anilines is 2. The number of hydrogen-bond donors (Lipinski definition) is 2. The van der Waals surface area contributed by atoms with Gasteiger partial charge in [0.2, 0.25) is 0 Å². The van der Waals surface area contributed by atoms with Crippen LogP contribution in [0.4, 0.5) is 11.6 Å². The lowest BCUT2D eigenvalue weighted by molar-refractivity contribution is 0.0520. The minimum Gasteiger partial charge on any atom is -0.461 e. The molecule has 1 aromatic rings. The maximum Gasteiger partial charge on any atom is 0.360 e. The highest BCUT2D eigenvalue weighted by atomic mass is 35.5. The molecule has 0 radical (unpaired) electrons. The molecule has 1 aromatic heterocycles. The highest BCUT2D eigenvalue weighted by molar-refractivity contribution is 6.25. The molecular formula is C10H16ClN5O2. The molecule has 0 atom stereocenters. The van der Waals surface area contributed by atoms with Crippen LogP contribution in [0.15, 0.2) is 6.20 Å². The van der Waals surface area contributed by atoms with Gasteiger partial charge in [0.1, 0.15) is 0 Å². The van der Waals surface area contributed by atoms with Gasteiger partial charge in [-0.1, -0.05) is 0 Å². The SMILES string of the molecule is CCOC(=O)c1nc(N(Cl)CCCN)cnc1N. The van der Waals surface area contributed by atoms with E-state index in [0.29, 0.717) is 25.3 Å². The number of hydrogen-bond acceptors (Lipinski definition) is 7. The van der Waals surface area contributed by atoms with Crippen LogP contribution in [-0.2, 0) is 4.74 Å². The molecule has 0 aliphatic rings. The average Bonchev–Trinajstić information content (AvgIpc) is 2.36. The van der Waals surface area contributed by atoms with Gasteiger partial charge in [-0.25, -0.2) is 14.8 Å². The Labute approximate surface area is 110 Å². The monoisotopic (exact) mass is 273 g/mol. The summed E-state index contributed by atoms with van der Waals surface area (Å²) in [6, 6.07) is 0. The maximum absolute atomic E-state index is 11.6. The summed E-state index contributed by atoms with van der Waals surface area (Å²) >= 11 is 5.97. The fraction of sp³-hybridized carbons (Fsp3) is 0.500. The maximum atomic E-state index is 11.6. The van der Waals surface area contributed by atoms with Gasteiger partial charge in [-0.05, 0) is 19.9 Å². The van der Waals surface area contributed by atoms with Gasteiger partial charge in [0.15, 0.2) is 17.3 Å². The van der Waals surface area contributed by atoms with E-state index in [1.807, 2.05) is 0 Å². The predicted octanol–water partition coefficient (Wildman–Crippen LogP) is 0.545. The summed E-state index contributed by atoms with van der Waals surface area (Å²) in [6.07, 6.45) is 2.09. The van der Waals surface area contributed by atoms with Gasteiger partial charge < -0.3 is 16.2 Å². The summed E-state index contributed by atoms with van der Waals surface area (Å²) < 4.78 is 6.16. The van der Waals surface area contributed by atoms with Crippen LogP contribution in [-0.4, -0.2) is 35.6 Å². The number of ether oxygens (including phenoxy) is 1. The Bertz CT molecular complexity index is 415. The van der Waals surface area contributed by atoms with Crippen molar-refractivity contribution in [3.05, 3.63) is 11.9 Å². The molecular weight excluding hydrogens is 258 g/mol. The zero-order chi connectivity index (χ0) is 13.5. The van der Waals surface area contributed by atoms with E-state index >= 15 is 0 Å². The number of nitrogens with two attached hydrogens (primary N) is 2. The Morgan fingerprint density at radius 1 is 1.61 bits per heavy atom. The number of halogens is 1. The third-order valence-corrected chi connectivity index (χ3v) is 2.41. The van der Waals surface area contributed by atoms with Gasteiger partial charge in [-0.2, -0.15) is 0 Å². The quantitative estimate of drug-likeness (QED) is 0.575. The van der Waals surface area contributed by atoms with E-state index in [-0.39, 0.29) is 18.1 Å². The van der Waals surface area contributed by atoms with Crippen molar-refractivity contribution in [1.82, 2.24) is 9.97 Å². The van der Waals surface area contributed by atoms with Gasteiger partial charge >= 0.3 is 5.97 Å². The van der Waals surface area contributed by atoms with E-state index in [2.05, 4.69) is 9.97 Å². The topological polar surface area (TPSA) is 107 Å². The molecule has 0 saturated heterocycles. The van der Waals surface area contributed by atoms with Crippen molar-refractivity contribution in [1.29, 1.82) is 0 Å². The van der Waals surface area contributed by atoms with Crippen LogP contribution < -0.4 is 15.9 Å². The summed E-state index contributed by atoms with van der Waals surface area (Å²) in [5.74, 6) is -0.267. The van der Waals surface area contributed by atoms with Gasteiger partial charge in [0.05, 0.1) is 12.8 Å². The molecule has 18 heavy (non-hydrogen) atoms. The summed E-state index contributed by atoms with van der Waals surface area (Å²) in [4.78, 5) is 19.5. The first-order valence-corrected chi connectivity index (χ1v) is 5.87. The third kappa shape index (κ3) is 3.71. The number of carbonyl (C=O) groups is 1. The number of aromatic nitrogens is 2. The Morgan fingerprint density at radius 3 is 2.94 bits per heavy atom. The van der Waals surface area contributed by atoms with Crippen molar-refractivity contribution >= 4 is 29.4 Å². The van der Waals surface area contributed by atoms with Crippen molar-refractivity contribution < 1.29 is 9.53 Å². The summed E-state index contributed by atoms with van der Waals surface area (Å²) in [6.45, 7) is 2.94. The number of carbonyl (C=O) groups excluding carboxylic acids is 1. The second kappa shape index (κ2) is 6.97. The summed E-state index contributed by atoms with van der Waals surface area (Å²) in [5.41, 5.74) is 10.9. The Kier molecular flexibility index (Phi) is 5.60. The Morgan fingerprint density at radius 2 is 2.33 bits per heavy atom. The molecule has 0 unspecified atom stereocenters. The Balaban J connectivity index is 2.89. The summed E-state index contributed by atoms with van der Waals surface area (Å²) in [7, 11) is 0. The van der Waals surface area contributed by atoms with Crippen molar-refractivity contribution in [2.45, 2.75) is 13.3 Å². The first kappa shape index (κ1) is 14.5. The van der Waals surface area contributed by atoms with Crippen LogP contribution in [0.1, 0.15) is 23.8 Å². The first-order chi connectivity index (χ1) is 8.60. The second-order valence-electron chi connectivity index (χ2n) is 3.41. The third-order valence-electron chi connectivity index (χ3n) is 2.06. The molecule has 0 bridgehead atoms. The van der Waals surface area contributed by atoms with Crippen molar-refractivity contribution in [3.63, 3.8) is 0 Å². The van der Waals surface area contributed by atoms with Gasteiger partial charge in [0.25, 0.3) is 0 Å². The molecule has 7 nitrogen and oxygen atoms in total. The largest absolute Gasteiger partial charge is 0.461 e. The van der Waals surface area contributed by atoms with Crippen molar-refractivity contribution in [2.24, 2.45) is 5.73 Å². The zero-order valence-corrected chi connectivity index (χ0v) is 10.9. The molecule has 1 rings (SSSR count). The van der Waals surface area contributed by atoms with Crippen molar-refractivity contribution in [3.8, 4) is 0 Å². The van der Waals surface area contributed by atoms with E-state index in [4.69, 9.17) is 28.0 Å². The normalized spacial score (nSPS) is 10.2. The van der Waals surface area contributed by atoms with Crippen molar-refractivity contribution in [2.75, 3.05) is 29.8 Å². The fourth-order valence-corrected chi connectivity index (χ4v) is 1.40. The molecule has 0 aliphatic carbocycles. The van der Waals surface area contributed by atoms with Gasteiger partial charge in [-0.3, -0.25) is 4.42 Å². The molecule has 0 aliphatic heterocycles. The van der Waals surface area contributed by atoms with Crippen LogP contribution in [0.2, 0.25) is 0 Å². The van der Waals surface area contributed by atoms with Crippen LogP contribution >= 0.6 is 11.8 Å². The highest BCUT2D eigenvalue weighted by Crippen LogP contribution is 2.16. The number of esters is 1. The minimum atomic E-state index is -0.617. The summed E-state index contributed by atoms with van der Waals surface area (Å²) in [5, 5.41) is 0. The first-order valence-electron chi connectivity index (χ1n) is 5.53.